The van der Waals surface area contributed by atoms with Crippen molar-refractivity contribution in [3.63, 3.8) is 0 Å². The number of halogens is 2. The smallest absolute Gasteiger partial charge is 0.239 e. The highest BCUT2D eigenvalue weighted by molar-refractivity contribution is 5.80. The molecule has 2 N–H and O–H groups in total. The average molecular weight is 240 g/mol. The number of benzene rings is 1. The monoisotopic (exact) mass is 240 g/mol. The summed E-state index contributed by atoms with van der Waals surface area (Å²) in [5, 5.41) is 5.51. The van der Waals surface area contributed by atoms with E-state index in [1.165, 1.54) is 18.9 Å². The fourth-order valence-corrected chi connectivity index (χ4v) is 1.43. The van der Waals surface area contributed by atoms with Gasteiger partial charge in [-0.2, -0.15) is 0 Å². The molecule has 1 aromatic carbocycles. The van der Waals surface area contributed by atoms with Crippen molar-refractivity contribution >= 4 is 11.6 Å². The summed E-state index contributed by atoms with van der Waals surface area (Å²) in [5.41, 5.74) is 0.394. The molecule has 0 spiro atoms. The number of anilines is 1. The van der Waals surface area contributed by atoms with E-state index in [1.54, 1.807) is 0 Å². The van der Waals surface area contributed by atoms with Gasteiger partial charge in [0.15, 0.2) is 11.6 Å². The fraction of sp³-hybridized carbons (Fsp3) is 0.417. The van der Waals surface area contributed by atoms with E-state index >= 15 is 0 Å². The van der Waals surface area contributed by atoms with E-state index in [0.29, 0.717) is 18.2 Å². The molecular weight excluding hydrogens is 226 g/mol. The predicted molar refractivity (Wildman–Crippen MR) is 60.6 cm³/mol. The lowest BCUT2D eigenvalue weighted by Gasteiger charge is -2.07. The van der Waals surface area contributed by atoms with Crippen molar-refractivity contribution in [2.45, 2.75) is 12.8 Å². The lowest BCUT2D eigenvalue weighted by Crippen LogP contribution is -2.31. The largest absolute Gasteiger partial charge is 0.376 e. The van der Waals surface area contributed by atoms with Crippen LogP contribution >= 0.6 is 0 Å². The molecule has 3 nitrogen and oxygen atoms in total. The van der Waals surface area contributed by atoms with Gasteiger partial charge >= 0.3 is 0 Å². The molecule has 1 amide bonds. The first-order chi connectivity index (χ1) is 8.15. The first kappa shape index (κ1) is 11.8. The Balaban J connectivity index is 1.75. The van der Waals surface area contributed by atoms with E-state index in [9.17, 15) is 13.6 Å². The van der Waals surface area contributed by atoms with Crippen LogP contribution in [-0.2, 0) is 4.79 Å². The van der Waals surface area contributed by atoms with E-state index in [-0.39, 0.29) is 12.5 Å². The maximum atomic E-state index is 12.9. The zero-order valence-corrected chi connectivity index (χ0v) is 9.30. The Morgan fingerprint density at radius 1 is 1.29 bits per heavy atom. The SMILES string of the molecule is O=C(CNc1ccc(F)c(F)c1)NCC1CC1. The molecule has 1 fully saturated rings. The first-order valence-electron chi connectivity index (χ1n) is 5.61. The Hall–Kier alpha value is -1.65. The summed E-state index contributed by atoms with van der Waals surface area (Å²) in [6.45, 7) is 0.774. The van der Waals surface area contributed by atoms with Crippen molar-refractivity contribution in [3.05, 3.63) is 29.8 Å². The number of hydrogen-bond acceptors (Lipinski definition) is 2. The molecule has 1 aliphatic rings. The molecule has 5 heteroatoms. The molecule has 0 unspecified atom stereocenters. The molecule has 0 aromatic heterocycles. The van der Waals surface area contributed by atoms with Crippen LogP contribution in [0.25, 0.3) is 0 Å². The zero-order chi connectivity index (χ0) is 12.3. The molecule has 92 valence electrons. The summed E-state index contributed by atoms with van der Waals surface area (Å²) in [7, 11) is 0. The predicted octanol–water partition coefficient (Wildman–Crippen LogP) is 1.90. The highest BCUT2D eigenvalue weighted by Gasteiger charge is 2.21. The lowest BCUT2D eigenvalue weighted by atomic mass is 10.3. The Morgan fingerprint density at radius 2 is 2.06 bits per heavy atom. The number of rotatable bonds is 5. The van der Waals surface area contributed by atoms with Crippen molar-refractivity contribution in [1.82, 2.24) is 5.32 Å². The van der Waals surface area contributed by atoms with Gasteiger partial charge in [-0.3, -0.25) is 4.79 Å². The molecule has 1 aromatic rings. The van der Waals surface area contributed by atoms with Gasteiger partial charge < -0.3 is 10.6 Å². The molecule has 0 bridgehead atoms. The molecule has 0 atom stereocenters. The van der Waals surface area contributed by atoms with Gasteiger partial charge in [-0.15, -0.1) is 0 Å². The number of amides is 1. The number of carbonyl (C=O) groups is 1. The van der Waals surface area contributed by atoms with Gasteiger partial charge in [0.25, 0.3) is 0 Å². The van der Waals surface area contributed by atoms with Crippen molar-refractivity contribution in [2.75, 3.05) is 18.4 Å². The summed E-state index contributed by atoms with van der Waals surface area (Å²) in [5.74, 6) is -1.33. The van der Waals surface area contributed by atoms with Crippen molar-refractivity contribution < 1.29 is 13.6 Å². The molecule has 0 saturated heterocycles. The normalized spacial score (nSPS) is 14.5. The van der Waals surface area contributed by atoms with Crippen molar-refractivity contribution in [2.24, 2.45) is 5.92 Å². The van der Waals surface area contributed by atoms with E-state index in [1.807, 2.05) is 0 Å². The van der Waals surface area contributed by atoms with Gasteiger partial charge in [-0.1, -0.05) is 0 Å². The van der Waals surface area contributed by atoms with Crippen LogP contribution in [0, 0.1) is 17.6 Å². The second-order valence-corrected chi connectivity index (χ2v) is 4.23. The third-order valence-electron chi connectivity index (χ3n) is 2.66. The minimum absolute atomic E-state index is 0.0673. The van der Waals surface area contributed by atoms with Gasteiger partial charge in [0.2, 0.25) is 5.91 Å². The van der Waals surface area contributed by atoms with Crippen LogP contribution < -0.4 is 10.6 Å². The van der Waals surface area contributed by atoms with Crippen LogP contribution in [0.5, 0.6) is 0 Å². The number of hydrogen-bond donors (Lipinski definition) is 2. The number of carbonyl (C=O) groups excluding carboxylic acids is 1. The second kappa shape index (κ2) is 5.12. The topological polar surface area (TPSA) is 41.1 Å². The maximum absolute atomic E-state index is 12.9. The standard InChI is InChI=1S/C12H14F2N2O/c13-10-4-3-9(5-11(10)14)15-7-12(17)16-6-8-1-2-8/h3-5,8,15H,1-2,6-7H2,(H,16,17). The molecule has 17 heavy (non-hydrogen) atoms. The van der Waals surface area contributed by atoms with Gasteiger partial charge in [-0.25, -0.2) is 8.78 Å². The minimum Gasteiger partial charge on any atom is -0.376 e. The molecular formula is C12H14F2N2O. The Labute approximate surface area is 98.2 Å². The molecule has 0 heterocycles. The second-order valence-electron chi connectivity index (χ2n) is 4.23. The molecule has 0 aliphatic heterocycles. The zero-order valence-electron chi connectivity index (χ0n) is 9.30. The van der Waals surface area contributed by atoms with E-state index in [0.717, 1.165) is 12.1 Å². The quantitative estimate of drug-likeness (QED) is 0.825. The third kappa shape index (κ3) is 3.69. The third-order valence-corrected chi connectivity index (χ3v) is 2.66. The maximum Gasteiger partial charge on any atom is 0.239 e. The van der Waals surface area contributed by atoms with Crippen LogP contribution in [0.4, 0.5) is 14.5 Å². The van der Waals surface area contributed by atoms with Crippen LogP contribution in [0.15, 0.2) is 18.2 Å². The summed E-state index contributed by atoms with van der Waals surface area (Å²) in [6, 6.07) is 3.45. The van der Waals surface area contributed by atoms with Gasteiger partial charge in [0.1, 0.15) is 0 Å². The van der Waals surface area contributed by atoms with Crippen LogP contribution in [0.1, 0.15) is 12.8 Å². The summed E-state index contributed by atoms with van der Waals surface area (Å²) in [4.78, 5) is 11.4. The van der Waals surface area contributed by atoms with Gasteiger partial charge in [-0.05, 0) is 30.9 Å². The minimum atomic E-state index is -0.923. The molecule has 1 saturated carbocycles. The molecule has 0 radical (unpaired) electrons. The van der Waals surface area contributed by atoms with Gasteiger partial charge in [0, 0.05) is 18.3 Å². The van der Waals surface area contributed by atoms with Crippen LogP contribution in [0.2, 0.25) is 0 Å². The Kier molecular flexibility index (Phi) is 3.56. The Bertz CT molecular complexity index is 419. The van der Waals surface area contributed by atoms with E-state index in [2.05, 4.69) is 10.6 Å². The summed E-state index contributed by atoms with van der Waals surface area (Å²) >= 11 is 0. The van der Waals surface area contributed by atoms with Crippen molar-refractivity contribution in [1.29, 1.82) is 0 Å². The first-order valence-corrected chi connectivity index (χ1v) is 5.61. The van der Waals surface area contributed by atoms with Crippen LogP contribution in [-0.4, -0.2) is 19.0 Å². The number of nitrogens with one attached hydrogen (secondary N) is 2. The van der Waals surface area contributed by atoms with Crippen LogP contribution in [0.3, 0.4) is 0 Å². The molecule has 1 aliphatic carbocycles. The fourth-order valence-electron chi connectivity index (χ4n) is 1.43. The van der Waals surface area contributed by atoms with Crippen molar-refractivity contribution in [3.8, 4) is 0 Å². The van der Waals surface area contributed by atoms with Gasteiger partial charge in [0.05, 0.1) is 6.54 Å². The Morgan fingerprint density at radius 3 is 2.71 bits per heavy atom. The summed E-state index contributed by atoms with van der Waals surface area (Å²) in [6.07, 6.45) is 2.35. The van der Waals surface area contributed by atoms with E-state index in [4.69, 9.17) is 0 Å². The lowest BCUT2D eigenvalue weighted by molar-refractivity contribution is -0.119. The highest BCUT2D eigenvalue weighted by Crippen LogP contribution is 2.27. The average Bonchev–Trinajstić information content (AvgIpc) is 3.12. The summed E-state index contributed by atoms with van der Waals surface area (Å²) < 4.78 is 25.5. The molecule has 2 rings (SSSR count). The van der Waals surface area contributed by atoms with E-state index < -0.39 is 11.6 Å². The highest BCUT2D eigenvalue weighted by atomic mass is 19.2.